The number of fused-ring (bicyclic) bond motifs is 3. The van der Waals surface area contributed by atoms with Gasteiger partial charge >= 0.3 is 5.97 Å². The van der Waals surface area contributed by atoms with E-state index in [1.807, 2.05) is 72.8 Å². The van der Waals surface area contributed by atoms with Gasteiger partial charge in [-0.1, -0.05) is 193 Å². The molecule has 0 aliphatic carbocycles. The summed E-state index contributed by atoms with van der Waals surface area (Å²) < 4.78 is 23.9. The third-order valence-corrected chi connectivity index (χ3v) is 13.1. The molecule has 7 aromatic rings. The quantitative estimate of drug-likeness (QED) is 0.0245. The number of esters is 1. The third kappa shape index (κ3) is 16.6. The van der Waals surface area contributed by atoms with Gasteiger partial charge in [0.2, 0.25) is 0 Å². The van der Waals surface area contributed by atoms with E-state index in [2.05, 4.69) is 84.9 Å². The molecule has 7 rings (SSSR count). The van der Waals surface area contributed by atoms with E-state index in [0.717, 1.165) is 91.4 Å². The Labute approximate surface area is 411 Å². The van der Waals surface area contributed by atoms with Gasteiger partial charge in [-0.3, -0.25) is 0 Å². The number of nitrogens with zero attached hydrogens (tertiary/aromatic N) is 1. The van der Waals surface area contributed by atoms with Crippen molar-refractivity contribution < 1.29 is 23.7 Å². The minimum Gasteiger partial charge on any atom is -0.494 e. The maximum Gasteiger partial charge on any atom is 0.338 e. The van der Waals surface area contributed by atoms with Crippen LogP contribution in [0.1, 0.15) is 138 Å². The molecular formula is C63H71NO5. The maximum atomic E-state index is 12.7. The summed E-state index contributed by atoms with van der Waals surface area (Å²) in [7, 11) is 0. The average molecular weight is 922 g/mol. The molecule has 0 fully saturated rings. The lowest BCUT2D eigenvalue weighted by molar-refractivity contribution is 0.0497. The van der Waals surface area contributed by atoms with E-state index in [0.29, 0.717) is 17.7 Å². The van der Waals surface area contributed by atoms with Crippen LogP contribution in [0.4, 0.5) is 0 Å². The van der Waals surface area contributed by atoms with Crippen molar-refractivity contribution in [3.63, 3.8) is 0 Å². The highest BCUT2D eigenvalue weighted by atomic mass is 16.5. The number of unbranched alkanes of at least 4 members (excludes halogenated alkanes) is 17. The van der Waals surface area contributed by atoms with Gasteiger partial charge in [0.15, 0.2) is 0 Å². The first-order chi connectivity index (χ1) is 34.1. The van der Waals surface area contributed by atoms with Crippen LogP contribution >= 0.6 is 0 Å². The van der Waals surface area contributed by atoms with Crippen molar-refractivity contribution in [2.24, 2.45) is 0 Å². The number of carbonyl (C=O) groups excluding carboxylic acids is 1. The van der Waals surface area contributed by atoms with Crippen molar-refractivity contribution >= 4 is 27.5 Å². The van der Waals surface area contributed by atoms with Gasteiger partial charge in [-0.05, 0) is 119 Å². The first kappa shape index (κ1) is 50.3. The van der Waals surface area contributed by atoms with Gasteiger partial charge in [-0.25, -0.2) is 4.79 Å². The van der Waals surface area contributed by atoms with E-state index in [9.17, 15) is 4.79 Å². The van der Waals surface area contributed by atoms with Gasteiger partial charge in [0.05, 0.1) is 43.6 Å². The Bertz CT molecular complexity index is 2610. The number of carbonyl (C=O) groups is 1. The summed E-state index contributed by atoms with van der Waals surface area (Å²) in [5.41, 5.74) is 5.63. The van der Waals surface area contributed by atoms with Crippen LogP contribution in [0.2, 0.25) is 0 Å². The van der Waals surface area contributed by atoms with E-state index in [1.54, 1.807) is 0 Å². The Morgan fingerprint density at radius 1 is 0.377 bits per heavy atom. The average Bonchev–Trinajstić information content (AvgIpc) is 3.40. The molecule has 0 saturated carbocycles. The highest BCUT2D eigenvalue weighted by Crippen LogP contribution is 2.34. The fourth-order valence-electron chi connectivity index (χ4n) is 9.03. The van der Waals surface area contributed by atoms with Crippen LogP contribution in [0, 0.1) is 11.3 Å². The molecule has 69 heavy (non-hydrogen) atoms. The zero-order chi connectivity index (χ0) is 47.6. The van der Waals surface area contributed by atoms with Gasteiger partial charge in [0, 0.05) is 5.39 Å². The smallest absolute Gasteiger partial charge is 0.338 e. The molecule has 0 aliphatic rings. The number of ether oxygens (including phenoxy) is 4. The zero-order valence-electron chi connectivity index (χ0n) is 40.7. The zero-order valence-corrected chi connectivity index (χ0v) is 40.7. The van der Waals surface area contributed by atoms with E-state index < -0.39 is 0 Å². The van der Waals surface area contributed by atoms with Crippen molar-refractivity contribution in [3.05, 3.63) is 163 Å². The molecule has 0 amide bonds. The summed E-state index contributed by atoms with van der Waals surface area (Å²) in [6, 6.07) is 53.2. The van der Waals surface area contributed by atoms with Crippen LogP contribution in [-0.4, -0.2) is 32.4 Å². The highest BCUT2D eigenvalue weighted by Gasteiger charge is 2.10. The SMILES string of the molecule is N#Cc1ccc(-c2ccc(OCCCCCCCCCCCOC(=O)c3ccc(-c4ccc(OCCCCCCCCCCCCOc5cc6ccccc6c6ccccc56)cc4)cc3)cc2)cc1. The fourth-order valence-corrected chi connectivity index (χ4v) is 9.03. The van der Waals surface area contributed by atoms with E-state index >= 15 is 0 Å². The molecule has 0 N–H and O–H groups in total. The minimum atomic E-state index is -0.255. The summed E-state index contributed by atoms with van der Waals surface area (Å²) in [6.07, 6.45) is 22.7. The topological polar surface area (TPSA) is 77.8 Å². The Morgan fingerprint density at radius 3 is 1.23 bits per heavy atom. The van der Waals surface area contributed by atoms with Crippen LogP contribution in [0.3, 0.4) is 0 Å². The van der Waals surface area contributed by atoms with Crippen LogP contribution in [0.25, 0.3) is 43.8 Å². The van der Waals surface area contributed by atoms with Gasteiger partial charge in [0.25, 0.3) is 0 Å². The molecule has 7 aromatic carbocycles. The fraction of sp³-hybridized carbons (Fsp3) is 0.365. The van der Waals surface area contributed by atoms with Crippen molar-refractivity contribution in [1.82, 2.24) is 0 Å². The molecule has 0 aromatic heterocycles. The number of benzene rings is 7. The highest BCUT2D eigenvalue weighted by molar-refractivity contribution is 6.10. The van der Waals surface area contributed by atoms with E-state index in [4.69, 9.17) is 24.2 Å². The Kier molecular flexibility index (Phi) is 20.9. The normalized spacial score (nSPS) is 11.1. The molecule has 0 atom stereocenters. The summed E-state index contributed by atoms with van der Waals surface area (Å²) in [6.45, 7) is 2.71. The van der Waals surface area contributed by atoms with Crippen LogP contribution in [-0.2, 0) is 4.74 Å². The summed E-state index contributed by atoms with van der Waals surface area (Å²) in [5, 5.41) is 14.0. The lowest BCUT2D eigenvalue weighted by atomic mass is 10.0. The largest absolute Gasteiger partial charge is 0.494 e. The molecule has 0 radical (unpaired) electrons. The standard InChI is InChI=1S/C63H71NO5/c64-49-50-28-30-51(31-29-50)53-36-40-57(41-37-53)66-44-21-13-9-6-3-7-11-15-23-47-69-63(65)55-34-32-52(33-35-55)54-38-42-58(43-39-54)67-45-20-12-8-4-1-2-5-10-14-22-46-68-62-48-56-24-16-17-25-59(56)60-26-18-19-27-61(60)62/h16-19,24-43,48H,1-15,20-23,44-47H2. The molecule has 0 aliphatic heterocycles. The van der Waals surface area contributed by atoms with Gasteiger partial charge in [-0.2, -0.15) is 5.26 Å². The van der Waals surface area contributed by atoms with Gasteiger partial charge < -0.3 is 18.9 Å². The lowest BCUT2D eigenvalue weighted by Crippen LogP contribution is -2.06. The monoisotopic (exact) mass is 922 g/mol. The van der Waals surface area contributed by atoms with Gasteiger partial charge in [-0.15, -0.1) is 0 Å². The molecule has 0 unspecified atom stereocenters. The van der Waals surface area contributed by atoms with Crippen molar-refractivity contribution in [2.75, 3.05) is 26.4 Å². The first-order valence-electron chi connectivity index (χ1n) is 25.9. The molecule has 0 spiro atoms. The predicted molar refractivity (Wildman–Crippen MR) is 284 cm³/mol. The third-order valence-electron chi connectivity index (χ3n) is 13.1. The second-order valence-electron chi connectivity index (χ2n) is 18.4. The molecule has 358 valence electrons. The first-order valence-corrected chi connectivity index (χ1v) is 25.9. The number of rotatable bonds is 31. The molecule has 0 saturated heterocycles. The Balaban J connectivity index is 0.635. The van der Waals surface area contributed by atoms with Crippen LogP contribution in [0.5, 0.6) is 17.2 Å². The van der Waals surface area contributed by atoms with Crippen LogP contribution < -0.4 is 14.2 Å². The number of hydrogen-bond donors (Lipinski definition) is 0. The van der Waals surface area contributed by atoms with Crippen molar-refractivity contribution in [3.8, 4) is 45.6 Å². The molecule has 0 heterocycles. The number of hydrogen-bond acceptors (Lipinski definition) is 6. The molecule has 6 heteroatoms. The molecule has 0 bridgehead atoms. The van der Waals surface area contributed by atoms with Crippen molar-refractivity contribution in [2.45, 2.75) is 122 Å². The Hall–Kier alpha value is -6.58. The summed E-state index contributed by atoms with van der Waals surface area (Å²) in [5.74, 6) is 2.54. The minimum absolute atomic E-state index is 0.255. The van der Waals surface area contributed by atoms with E-state index in [1.165, 1.54) is 111 Å². The molecular weight excluding hydrogens is 851 g/mol. The number of nitriles is 1. The molecule has 6 nitrogen and oxygen atoms in total. The second-order valence-corrected chi connectivity index (χ2v) is 18.4. The maximum absolute atomic E-state index is 12.7. The summed E-state index contributed by atoms with van der Waals surface area (Å²) in [4.78, 5) is 12.7. The Morgan fingerprint density at radius 2 is 0.754 bits per heavy atom. The van der Waals surface area contributed by atoms with E-state index in [-0.39, 0.29) is 5.97 Å². The summed E-state index contributed by atoms with van der Waals surface area (Å²) >= 11 is 0. The second kappa shape index (κ2) is 28.7. The lowest BCUT2D eigenvalue weighted by Gasteiger charge is -2.12. The van der Waals surface area contributed by atoms with Gasteiger partial charge in [0.1, 0.15) is 17.2 Å². The van der Waals surface area contributed by atoms with Crippen molar-refractivity contribution in [1.29, 1.82) is 5.26 Å². The predicted octanol–water partition coefficient (Wildman–Crippen LogP) is 17.3. The van der Waals surface area contributed by atoms with Crippen LogP contribution in [0.15, 0.2) is 152 Å².